The average Bonchev–Trinajstić information content (AvgIpc) is 2.97. The summed E-state index contributed by atoms with van der Waals surface area (Å²) in [6.07, 6.45) is 1.40. The first kappa shape index (κ1) is 16.6. The number of aromatic hydroxyl groups is 1. The number of benzene rings is 1. The van der Waals surface area contributed by atoms with Crippen LogP contribution in [-0.2, 0) is 0 Å². The molecular formula is C17H21N3O3. The van der Waals surface area contributed by atoms with Gasteiger partial charge in [0.1, 0.15) is 11.5 Å². The summed E-state index contributed by atoms with van der Waals surface area (Å²) < 4.78 is 5.20. The van der Waals surface area contributed by atoms with Gasteiger partial charge in [-0.15, -0.1) is 0 Å². The Morgan fingerprint density at radius 1 is 1.30 bits per heavy atom. The van der Waals surface area contributed by atoms with E-state index in [1.54, 1.807) is 31.2 Å². The van der Waals surface area contributed by atoms with Crippen LogP contribution < -0.4 is 10.3 Å². The van der Waals surface area contributed by atoms with Crippen molar-refractivity contribution in [1.82, 2.24) is 5.43 Å². The van der Waals surface area contributed by atoms with Gasteiger partial charge in [-0.3, -0.25) is 4.79 Å². The predicted octanol–water partition coefficient (Wildman–Crippen LogP) is 2.90. The monoisotopic (exact) mass is 315 g/mol. The molecule has 0 unspecified atom stereocenters. The highest BCUT2D eigenvalue weighted by molar-refractivity contribution is 5.92. The van der Waals surface area contributed by atoms with Crippen LogP contribution in [0.5, 0.6) is 5.75 Å². The van der Waals surface area contributed by atoms with Gasteiger partial charge in [0.2, 0.25) is 0 Å². The van der Waals surface area contributed by atoms with Crippen LogP contribution in [-0.4, -0.2) is 30.3 Å². The first-order valence-corrected chi connectivity index (χ1v) is 7.53. The third-order valence-corrected chi connectivity index (χ3v) is 3.48. The van der Waals surface area contributed by atoms with E-state index < -0.39 is 5.91 Å². The Balaban J connectivity index is 2.03. The van der Waals surface area contributed by atoms with Crippen LogP contribution in [0.15, 0.2) is 39.9 Å². The Labute approximate surface area is 135 Å². The Kier molecular flexibility index (Phi) is 5.41. The van der Waals surface area contributed by atoms with Crippen LogP contribution in [0, 0.1) is 6.92 Å². The van der Waals surface area contributed by atoms with Gasteiger partial charge in [0.15, 0.2) is 5.76 Å². The molecule has 2 rings (SSSR count). The van der Waals surface area contributed by atoms with Crippen LogP contribution >= 0.6 is 0 Å². The number of hydrazone groups is 1. The predicted molar refractivity (Wildman–Crippen MR) is 90.2 cm³/mol. The van der Waals surface area contributed by atoms with Crippen LogP contribution in [0.2, 0.25) is 0 Å². The van der Waals surface area contributed by atoms with Crippen molar-refractivity contribution in [2.75, 3.05) is 18.0 Å². The first-order chi connectivity index (χ1) is 11.0. The number of phenols is 1. The van der Waals surface area contributed by atoms with Crippen molar-refractivity contribution < 1.29 is 14.3 Å². The van der Waals surface area contributed by atoms with Crippen molar-refractivity contribution in [2.24, 2.45) is 5.10 Å². The van der Waals surface area contributed by atoms with Gasteiger partial charge in [0, 0.05) is 30.4 Å². The molecule has 6 heteroatoms. The molecule has 0 aliphatic carbocycles. The Bertz CT molecular complexity index is 703. The largest absolute Gasteiger partial charge is 0.507 e. The van der Waals surface area contributed by atoms with Crippen molar-refractivity contribution in [2.45, 2.75) is 20.8 Å². The van der Waals surface area contributed by atoms with Crippen molar-refractivity contribution in [1.29, 1.82) is 0 Å². The molecule has 0 radical (unpaired) electrons. The van der Waals surface area contributed by atoms with E-state index in [-0.39, 0.29) is 11.5 Å². The van der Waals surface area contributed by atoms with E-state index in [0.717, 1.165) is 18.8 Å². The highest BCUT2D eigenvalue weighted by Gasteiger charge is 2.09. The molecule has 2 aromatic rings. The molecule has 0 bridgehead atoms. The number of amides is 1. The number of rotatable bonds is 6. The molecule has 2 N–H and O–H groups in total. The lowest BCUT2D eigenvalue weighted by molar-refractivity contribution is 0.0926. The van der Waals surface area contributed by atoms with E-state index in [9.17, 15) is 9.90 Å². The lowest BCUT2D eigenvalue weighted by atomic mass is 10.2. The van der Waals surface area contributed by atoms with E-state index in [2.05, 4.69) is 29.3 Å². The number of aryl methyl sites for hydroxylation is 1. The van der Waals surface area contributed by atoms with Crippen LogP contribution in [0.25, 0.3) is 0 Å². The molecule has 0 aliphatic rings. The van der Waals surface area contributed by atoms with E-state index in [1.165, 1.54) is 6.21 Å². The Morgan fingerprint density at radius 3 is 2.61 bits per heavy atom. The zero-order chi connectivity index (χ0) is 16.8. The second-order valence-corrected chi connectivity index (χ2v) is 5.02. The molecule has 6 nitrogen and oxygen atoms in total. The molecule has 1 aromatic heterocycles. The summed E-state index contributed by atoms with van der Waals surface area (Å²) in [5, 5.41) is 13.9. The fraction of sp³-hybridized carbons (Fsp3) is 0.294. The average molecular weight is 315 g/mol. The molecular weight excluding hydrogens is 294 g/mol. The first-order valence-electron chi connectivity index (χ1n) is 7.53. The molecule has 0 fully saturated rings. The summed E-state index contributed by atoms with van der Waals surface area (Å²) in [6.45, 7) is 7.60. The molecule has 0 aliphatic heterocycles. The maximum Gasteiger partial charge on any atom is 0.307 e. The molecule has 0 spiro atoms. The second kappa shape index (κ2) is 7.49. The van der Waals surface area contributed by atoms with E-state index in [4.69, 9.17) is 4.42 Å². The minimum Gasteiger partial charge on any atom is -0.507 e. The van der Waals surface area contributed by atoms with Crippen LogP contribution in [0.4, 0.5) is 5.69 Å². The third-order valence-electron chi connectivity index (χ3n) is 3.48. The molecule has 122 valence electrons. The van der Waals surface area contributed by atoms with Crippen molar-refractivity contribution >= 4 is 17.8 Å². The highest BCUT2D eigenvalue weighted by atomic mass is 16.3. The number of carbonyl (C=O) groups is 1. The maximum absolute atomic E-state index is 11.8. The van der Waals surface area contributed by atoms with Gasteiger partial charge in [-0.25, -0.2) is 5.43 Å². The standard InChI is InChI=1S/C17H21N3O3/c1-4-20(5-2)14-8-7-13(15(21)10-14)11-18-19-17(22)16-9-6-12(3)23-16/h6-11,21H,4-5H2,1-3H3,(H,19,22). The maximum atomic E-state index is 11.8. The molecule has 0 saturated carbocycles. The summed E-state index contributed by atoms with van der Waals surface area (Å²) in [7, 11) is 0. The number of anilines is 1. The lowest BCUT2D eigenvalue weighted by Gasteiger charge is -2.21. The normalized spacial score (nSPS) is 10.9. The van der Waals surface area contributed by atoms with Gasteiger partial charge in [0.25, 0.3) is 0 Å². The molecule has 0 atom stereocenters. The zero-order valence-electron chi connectivity index (χ0n) is 13.5. The molecule has 1 amide bonds. The summed E-state index contributed by atoms with van der Waals surface area (Å²) in [4.78, 5) is 13.9. The minimum atomic E-state index is -0.436. The van der Waals surface area contributed by atoms with Crippen molar-refractivity contribution in [3.63, 3.8) is 0 Å². The van der Waals surface area contributed by atoms with E-state index in [1.807, 2.05) is 6.07 Å². The number of nitrogens with one attached hydrogen (secondary N) is 1. The fourth-order valence-electron chi connectivity index (χ4n) is 2.20. The molecule has 1 aromatic carbocycles. The quantitative estimate of drug-likeness (QED) is 0.634. The van der Waals surface area contributed by atoms with Crippen molar-refractivity contribution in [3.05, 3.63) is 47.4 Å². The van der Waals surface area contributed by atoms with E-state index >= 15 is 0 Å². The summed E-state index contributed by atoms with van der Waals surface area (Å²) in [6, 6.07) is 8.64. The van der Waals surface area contributed by atoms with Crippen LogP contribution in [0.1, 0.15) is 35.7 Å². The number of hydrogen-bond acceptors (Lipinski definition) is 5. The smallest absolute Gasteiger partial charge is 0.307 e. The van der Waals surface area contributed by atoms with Crippen LogP contribution in [0.3, 0.4) is 0 Å². The molecule has 1 heterocycles. The second-order valence-electron chi connectivity index (χ2n) is 5.02. The summed E-state index contributed by atoms with van der Waals surface area (Å²) in [5.74, 6) is 0.527. The van der Waals surface area contributed by atoms with Crippen molar-refractivity contribution in [3.8, 4) is 5.75 Å². The van der Waals surface area contributed by atoms with Gasteiger partial charge < -0.3 is 14.4 Å². The number of nitrogens with zero attached hydrogens (tertiary/aromatic N) is 2. The molecule has 23 heavy (non-hydrogen) atoms. The number of hydrogen-bond donors (Lipinski definition) is 2. The summed E-state index contributed by atoms with van der Waals surface area (Å²) >= 11 is 0. The number of carbonyl (C=O) groups excluding carboxylic acids is 1. The topological polar surface area (TPSA) is 78.1 Å². The Hall–Kier alpha value is -2.76. The molecule has 0 saturated heterocycles. The highest BCUT2D eigenvalue weighted by Crippen LogP contribution is 2.23. The van der Waals surface area contributed by atoms with Gasteiger partial charge in [-0.2, -0.15) is 5.10 Å². The van der Waals surface area contributed by atoms with Gasteiger partial charge in [0.05, 0.1) is 6.21 Å². The number of furan rings is 1. The van der Waals surface area contributed by atoms with Gasteiger partial charge >= 0.3 is 5.91 Å². The minimum absolute atomic E-state index is 0.112. The number of phenolic OH excluding ortho intramolecular Hbond substituents is 1. The lowest BCUT2D eigenvalue weighted by Crippen LogP contribution is -2.21. The Morgan fingerprint density at radius 2 is 2.04 bits per heavy atom. The third kappa shape index (κ3) is 4.12. The fourth-order valence-corrected chi connectivity index (χ4v) is 2.20. The SMILES string of the molecule is CCN(CC)c1ccc(C=NNC(=O)c2ccc(C)o2)c(O)c1. The van der Waals surface area contributed by atoms with Gasteiger partial charge in [-0.05, 0) is 45.0 Å². The summed E-state index contributed by atoms with van der Waals surface area (Å²) in [5.41, 5.74) is 3.83. The zero-order valence-corrected chi connectivity index (χ0v) is 13.5. The van der Waals surface area contributed by atoms with Gasteiger partial charge in [-0.1, -0.05) is 0 Å². The van der Waals surface area contributed by atoms with E-state index in [0.29, 0.717) is 11.3 Å².